The standard InChI is InChI=1S/C18H17NO5.Na.H/c1-23-15-9-7-12(11-16(15)24-2)8-10-17(20)19-14-6-4-3-5-13(14)18(21)22;;/h3-11H,1-2H3,(H,19,20)(H,21,22);;/b10-8+;;. The average molecular weight is 351 g/mol. The van der Waals surface area contributed by atoms with Crippen LogP contribution in [0.2, 0.25) is 0 Å². The summed E-state index contributed by atoms with van der Waals surface area (Å²) in [6.45, 7) is 0. The minimum atomic E-state index is -1.10. The van der Waals surface area contributed by atoms with Gasteiger partial charge in [0.05, 0.1) is 25.5 Å². The Morgan fingerprint density at radius 1 is 1.04 bits per heavy atom. The quantitative estimate of drug-likeness (QED) is 0.617. The molecule has 0 aliphatic rings. The van der Waals surface area contributed by atoms with Crippen molar-refractivity contribution in [1.29, 1.82) is 0 Å². The molecule has 0 saturated heterocycles. The monoisotopic (exact) mass is 351 g/mol. The number of carbonyl (C=O) groups excluding carboxylic acids is 1. The Hall–Kier alpha value is -2.28. The topological polar surface area (TPSA) is 84.9 Å². The Bertz CT molecular complexity index is 789. The first kappa shape index (κ1) is 20.8. The maximum absolute atomic E-state index is 12.0. The van der Waals surface area contributed by atoms with Crippen molar-refractivity contribution in [2.75, 3.05) is 19.5 Å². The summed E-state index contributed by atoms with van der Waals surface area (Å²) in [7, 11) is 3.07. The van der Waals surface area contributed by atoms with Crippen LogP contribution in [0.3, 0.4) is 0 Å². The molecule has 0 atom stereocenters. The minimum absolute atomic E-state index is 0. The zero-order valence-electron chi connectivity index (χ0n) is 13.3. The average Bonchev–Trinajstić information content (AvgIpc) is 2.59. The van der Waals surface area contributed by atoms with Gasteiger partial charge in [0.2, 0.25) is 5.91 Å². The van der Waals surface area contributed by atoms with E-state index < -0.39 is 11.9 Å². The van der Waals surface area contributed by atoms with Gasteiger partial charge < -0.3 is 19.9 Å². The number of carboxylic acid groups (broad SMARTS) is 1. The molecule has 0 radical (unpaired) electrons. The number of carboxylic acids is 1. The number of nitrogens with one attached hydrogen (secondary N) is 1. The van der Waals surface area contributed by atoms with E-state index in [0.717, 1.165) is 5.56 Å². The molecule has 0 aromatic heterocycles. The fourth-order valence-corrected chi connectivity index (χ4v) is 2.08. The fourth-order valence-electron chi connectivity index (χ4n) is 2.08. The van der Waals surface area contributed by atoms with Crippen LogP contribution < -0.4 is 14.8 Å². The molecule has 0 spiro atoms. The van der Waals surface area contributed by atoms with E-state index in [1.165, 1.54) is 25.3 Å². The van der Waals surface area contributed by atoms with E-state index >= 15 is 0 Å². The van der Waals surface area contributed by atoms with E-state index in [1.807, 2.05) is 0 Å². The molecule has 2 N–H and O–H groups in total. The number of rotatable bonds is 6. The molecule has 0 unspecified atom stereocenters. The normalized spacial score (nSPS) is 10.0. The van der Waals surface area contributed by atoms with Crippen molar-refractivity contribution in [1.82, 2.24) is 0 Å². The molecule has 6 nitrogen and oxygen atoms in total. The summed E-state index contributed by atoms with van der Waals surface area (Å²) in [6, 6.07) is 11.4. The molecule has 7 heteroatoms. The second-order valence-electron chi connectivity index (χ2n) is 4.79. The van der Waals surface area contributed by atoms with Crippen molar-refractivity contribution in [3.05, 3.63) is 59.7 Å². The first-order valence-corrected chi connectivity index (χ1v) is 7.08. The summed E-state index contributed by atoms with van der Waals surface area (Å²) in [5.74, 6) is -0.390. The summed E-state index contributed by atoms with van der Waals surface area (Å²) in [6.07, 6.45) is 2.92. The first-order chi connectivity index (χ1) is 11.5. The predicted octanol–water partition coefficient (Wildman–Crippen LogP) is 2.41. The number of anilines is 1. The van der Waals surface area contributed by atoms with Crippen molar-refractivity contribution in [3.8, 4) is 11.5 Å². The number of aromatic carboxylic acids is 1. The number of hydrogen-bond donors (Lipinski definition) is 2. The molecule has 0 aliphatic carbocycles. The van der Waals surface area contributed by atoms with Crippen molar-refractivity contribution in [2.45, 2.75) is 0 Å². The first-order valence-electron chi connectivity index (χ1n) is 7.08. The molecule has 1 amide bonds. The van der Waals surface area contributed by atoms with Crippen LogP contribution in [0.4, 0.5) is 5.69 Å². The van der Waals surface area contributed by atoms with Gasteiger partial charge >= 0.3 is 35.5 Å². The van der Waals surface area contributed by atoms with E-state index in [9.17, 15) is 9.59 Å². The number of ether oxygens (including phenoxy) is 2. The summed E-state index contributed by atoms with van der Waals surface area (Å²) >= 11 is 0. The molecular weight excluding hydrogens is 333 g/mol. The maximum atomic E-state index is 12.0. The third-order valence-electron chi connectivity index (χ3n) is 3.25. The number of hydrogen-bond acceptors (Lipinski definition) is 4. The number of para-hydroxylation sites is 1. The molecule has 0 aliphatic heterocycles. The van der Waals surface area contributed by atoms with Gasteiger partial charge in [0, 0.05) is 6.08 Å². The van der Waals surface area contributed by atoms with Gasteiger partial charge in [-0.1, -0.05) is 18.2 Å². The third kappa shape index (κ3) is 5.63. The van der Waals surface area contributed by atoms with Gasteiger partial charge in [0.25, 0.3) is 0 Å². The molecule has 0 bridgehead atoms. The van der Waals surface area contributed by atoms with Gasteiger partial charge in [0.15, 0.2) is 11.5 Å². The van der Waals surface area contributed by atoms with Crippen LogP contribution in [0.15, 0.2) is 48.5 Å². The second kappa shape index (κ2) is 9.88. The molecule has 2 rings (SSSR count). The van der Waals surface area contributed by atoms with Gasteiger partial charge in [-0.3, -0.25) is 4.79 Å². The molecule has 2 aromatic rings. The molecule has 0 fully saturated rings. The Labute approximate surface area is 167 Å². The van der Waals surface area contributed by atoms with Gasteiger partial charge in [0.1, 0.15) is 0 Å². The molecule has 2 aromatic carbocycles. The van der Waals surface area contributed by atoms with Crippen molar-refractivity contribution in [2.24, 2.45) is 0 Å². The summed E-state index contributed by atoms with van der Waals surface area (Å²) in [5, 5.41) is 11.6. The zero-order valence-corrected chi connectivity index (χ0v) is 13.3. The van der Waals surface area contributed by atoms with Crippen LogP contribution in [0.5, 0.6) is 11.5 Å². The summed E-state index contributed by atoms with van der Waals surface area (Å²) in [4.78, 5) is 23.1. The van der Waals surface area contributed by atoms with E-state index in [-0.39, 0.29) is 40.8 Å². The van der Waals surface area contributed by atoms with E-state index in [1.54, 1.807) is 43.5 Å². The Morgan fingerprint density at radius 3 is 2.36 bits per heavy atom. The molecule has 0 saturated carbocycles. The molecular formula is C18H18NNaO5. The number of benzene rings is 2. The molecule has 0 heterocycles. The van der Waals surface area contributed by atoms with Gasteiger partial charge in [-0.05, 0) is 35.9 Å². The third-order valence-corrected chi connectivity index (χ3v) is 3.25. The van der Waals surface area contributed by atoms with E-state index in [4.69, 9.17) is 14.6 Å². The number of amides is 1. The van der Waals surface area contributed by atoms with E-state index in [0.29, 0.717) is 11.5 Å². The fraction of sp³-hybridized carbons (Fsp3) is 0.111. The Balaban J connectivity index is 0.00000312. The summed E-state index contributed by atoms with van der Waals surface area (Å²) in [5.41, 5.74) is 1.02. The molecule has 25 heavy (non-hydrogen) atoms. The van der Waals surface area contributed by atoms with Crippen molar-refractivity contribution < 1.29 is 24.2 Å². The number of methoxy groups -OCH3 is 2. The van der Waals surface area contributed by atoms with Gasteiger partial charge in [-0.15, -0.1) is 0 Å². The van der Waals surface area contributed by atoms with Crippen molar-refractivity contribution in [3.63, 3.8) is 0 Å². The van der Waals surface area contributed by atoms with Gasteiger partial charge in [-0.2, -0.15) is 0 Å². The summed E-state index contributed by atoms with van der Waals surface area (Å²) < 4.78 is 10.3. The second-order valence-corrected chi connectivity index (χ2v) is 4.79. The Kier molecular flexibility index (Phi) is 8.21. The van der Waals surface area contributed by atoms with Crippen LogP contribution in [0.25, 0.3) is 6.08 Å². The van der Waals surface area contributed by atoms with Crippen LogP contribution in [-0.4, -0.2) is 60.8 Å². The zero-order chi connectivity index (χ0) is 17.5. The number of carbonyl (C=O) groups is 2. The predicted molar refractivity (Wildman–Crippen MR) is 97.8 cm³/mol. The van der Waals surface area contributed by atoms with Crippen LogP contribution in [0, 0.1) is 0 Å². The van der Waals surface area contributed by atoms with Crippen molar-refractivity contribution >= 4 is 53.2 Å². The van der Waals surface area contributed by atoms with Crippen LogP contribution in [0.1, 0.15) is 15.9 Å². The van der Waals surface area contributed by atoms with Gasteiger partial charge in [-0.25, -0.2) is 4.79 Å². The van der Waals surface area contributed by atoms with Crippen LogP contribution in [-0.2, 0) is 4.79 Å². The Morgan fingerprint density at radius 2 is 1.72 bits per heavy atom. The van der Waals surface area contributed by atoms with E-state index in [2.05, 4.69) is 5.32 Å². The molecule has 126 valence electrons. The van der Waals surface area contributed by atoms with Crippen LogP contribution >= 0.6 is 0 Å². The SMILES string of the molecule is COc1ccc(/C=C/C(=O)Nc2ccccc2C(=O)O)cc1OC.[NaH].